The lowest BCUT2D eigenvalue weighted by Gasteiger charge is -2.24. The Morgan fingerprint density at radius 3 is 2.31 bits per heavy atom. The summed E-state index contributed by atoms with van der Waals surface area (Å²) in [6.45, 7) is 11.3. The summed E-state index contributed by atoms with van der Waals surface area (Å²) in [4.78, 5) is 2.27. The highest BCUT2D eigenvalue weighted by Crippen LogP contribution is 2.05. The van der Waals surface area contributed by atoms with Crippen molar-refractivity contribution in [1.82, 2.24) is 4.90 Å². The Kier molecular flexibility index (Phi) is 6.00. The van der Waals surface area contributed by atoms with E-state index in [-0.39, 0.29) is 0 Å². The van der Waals surface area contributed by atoms with E-state index in [0.717, 1.165) is 13.0 Å². The number of nitrogens with two attached hydrogens (primary N) is 1. The molecule has 2 atom stereocenters. The zero-order valence-corrected chi connectivity index (χ0v) is 9.46. The van der Waals surface area contributed by atoms with E-state index in [2.05, 4.69) is 39.3 Å². The lowest BCUT2D eigenvalue weighted by Crippen LogP contribution is -2.34. The molecule has 0 heterocycles. The predicted octanol–water partition coefficient (Wildman–Crippen LogP) is 1.87. The third kappa shape index (κ3) is 5.06. The Balaban J connectivity index is 3.69. The second kappa shape index (κ2) is 6.17. The summed E-state index contributed by atoms with van der Waals surface area (Å²) in [5, 5.41) is 0. The zero-order valence-electron chi connectivity index (χ0n) is 9.46. The van der Waals surface area contributed by atoms with Gasteiger partial charge in [0.25, 0.3) is 0 Å². The van der Waals surface area contributed by atoms with Crippen LogP contribution in [0.15, 0.2) is 12.7 Å². The number of rotatable bonds is 6. The van der Waals surface area contributed by atoms with E-state index >= 15 is 0 Å². The highest BCUT2D eigenvalue weighted by molar-refractivity contribution is 4.82. The molecule has 0 aliphatic carbocycles. The minimum Gasteiger partial charge on any atom is -0.327 e. The number of hydrogen-bond donors (Lipinski definition) is 1. The van der Waals surface area contributed by atoms with E-state index in [1.807, 2.05) is 6.08 Å². The van der Waals surface area contributed by atoms with Gasteiger partial charge in [0.1, 0.15) is 0 Å². The molecule has 2 unspecified atom stereocenters. The van der Waals surface area contributed by atoms with E-state index in [0.29, 0.717) is 18.0 Å². The first-order chi connectivity index (χ1) is 5.99. The number of hydrogen-bond acceptors (Lipinski definition) is 2. The van der Waals surface area contributed by atoms with E-state index < -0.39 is 0 Å². The first kappa shape index (κ1) is 12.7. The normalized spacial score (nSPS) is 16.2. The van der Waals surface area contributed by atoms with Gasteiger partial charge in [0, 0.05) is 12.1 Å². The Morgan fingerprint density at radius 2 is 1.92 bits per heavy atom. The van der Waals surface area contributed by atoms with Crippen LogP contribution in [0, 0.1) is 5.92 Å². The van der Waals surface area contributed by atoms with Crippen molar-refractivity contribution in [3.63, 3.8) is 0 Å². The Hall–Kier alpha value is -0.340. The molecule has 0 aromatic carbocycles. The highest BCUT2D eigenvalue weighted by atomic mass is 15.1. The van der Waals surface area contributed by atoms with Crippen molar-refractivity contribution in [3.8, 4) is 0 Å². The van der Waals surface area contributed by atoms with Gasteiger partial charge in [-0.25, -0.2) is 0 Å². The van der Waals surface area contributed by atoms with E-state index in [1.165, 1.54) is 0 Å². The van der Waals surface area contributed by atoms with Gasteiger partial charge in [0.05, 0.1) is 0 Å². The molecule has 78 valence electrons. The summed E-state index contributed by atoms with van der Waals surface area (Å²) in [5.74, 6) is 0.576. The van der Waals surface area contributed by atoms with Crippen molar-refractivity contribution < 1.29 is 0 Å². The van der Waals surface area contributed by atoms with E-state index in [1.54, 1.807) is 0 Å². The van der Waals surface area contributed by atoms with E-state index in [9.17, 15) is 0 Å². The van der Waals surface area contributed by atoms with Crippen LogP contribution in [0.25, 0.3) is 0 Å². The quantitative estimate of drug-likeness (QED) is 0.639. The molecule has 2 heteroatoms. The van der Waals surface area contributed by atoms with Gasteiger partial charge >= 0.3 is 0 Å². The molecule has 0 bridgehead atoms. The molecule has 0 saturated carbocycles. The van der Waals surface area contributed by atoms with Gasteiger partial charge in [-0.3, -0.25) is 0 Å². The molecule has 0 saturated heterocycles. The molecule has 2 nitrogen and oxygen atoms in total. The maximum atomic E-state index is 5.95. The van der Waals surface area contributed by atoms with Gasteiger partial charge in [-0.15, -0.1) is 6.58 Å². The van der Waals surface area contributed by atoms with E-state index in [4.69, 9.17) is 5.73 Å². The van der Waals surface area contributed by atoms with Crippen LogP contribution < -0.4 is 5.73 Å². The van der Waals surface area contributed by atoms with Gasteiger partial charge in [-0.05, 0) is 32.9 Å². The maximum Gasteiger partial charge on any atom is 0.0244 e. The van der Waals surface area contributed by atoms with Crippen molar-refractivity contribution in [2.24, 2.45) is 11.7 Å². The monoisotopic (exact) mass is 184 g/mol. The fourth-order valence-corrected chi connectivity index (χ4v) is 1.07. The van der Waals surface area contributed by atoms with Crippen LogP contribution in [0.3, 0.4) is 0 Å². The smallest absolute Gasteiger partial charge is 0.0244 e. The highest BCUT2D eigenvalue weighted by Gasteiger charge is 2.10. The Bertz CT molecular complexity index is 143. The molecule has 0 aliphatic heterocycles. The largest absolute Gasteiger partial charge is 0.327 e. The zero-order chi connectivity index (χ0) is 10.4. The van der Waals surface area contributed by atoms with Crippen LogP contribution in [0.2, 0.25) is 0 Å². The van der Waals surface area contributed by atoms with Crippen LogP contribution in [0.4, 0.5) is 0 Å². The lowest BCUT2D eigenvalue weighted by molar-refractivity contribution is 0.273. The molecule has 0 aliphatic rings. The average Bonchev–Trinajstić information content (AvgIpc) is 2.11. The molecule has 0 fully saturated rings. The molecule has 0 spiro atoms. The topological polar surface area (TPSA) is 29.3 Å². The minimum absolute atomic E-state index is 0.319. The summed E-state index contributed by atoms with van der Waals surface area (Å²) in [7, 11) is 2.11. The van der Waals surface area contributed by atoms with Crippen molar-refractivity contribution in [3.05, 3.63) is 12.7 Å². The van der Waals surface area contributed by atoms with Crippen molar-refractivity contribution in [2.45, 2.75) is 39.3 Å². The Morgan fingerprint density at radius 1 is 1.38 bits per heavy atom. The second-order valence-electron chi connectivity index (χ2n) is 4.15. The van der Waals surface area contributed by atoms with Crippen LogP contribution in [-0.2, 0) is 0 Å². The van der Waals surface area contributed by atoms with Crippen LogP contribution in [0.5, 0.6) is 0 Å². The van der Waals surface area contributed by atoms with Gasteiger partial charge < -0.3 is 10.6 Å². The van der Waals surface area contributed by atoms with Crippen LogP contribution in [0.1, 0.15) is 27.2 Å². The SMILES string of the molecule is C=CC(C)N(C)CCC(N)C(C)C. The van der Waals surface area contributed by atoms with Gasteiger partial charge in [-0.1, -0.05) is 19.9 Å². The second-order valence-corrected chi connectivity index (χ2v) is 4.15. The summed E-state index contributed by atoms with van der Waals surface area (Å²) >= 11 is 0. The van der Waals surface area contributed by atoms with Crippen LogP contribution >= 0.6 is 0 Å². The summed E-state index contributed by atoms with van der Waals surface area (Å²) < 4.78 is 0. The molecular formula is C11H24N2. The summed E-state index contributed by atoms with van der Waals surface area (Å²) in [6, 6.07) is 0.763. The number of nitrogens with zero attached hydrogens (tertiary/aromatic N) is 1. The van der Waals surface area contributed by atoms with Crippen molar-refractivity contribution in [1.29, 1.82) is 0 Å². The van der Waals surface area contributed by atoms with Gasteiger partial charge in [-0.2, -0.15) is 0 Å². The molecule has 0 radical (unpaired) electrons. The van der Waals surface area contributed by atoms with Gasteiger partial charge in [0.2, 0.25) is 0 Å². The lowest BCUT2D eigenvalue weighted by atomic mass is 10.0. The standard InChI is InChI=1S/C11H24N2/c1-6-10(4)13(5)8-7-11(12)9(2)3/h6,9-11H,1,7-8,12H2,2-5H3. The third-order valence-corrected chi connectivity index (χ3v) is 2.71. The Labute approximate surface area is 82.8 Å². The first-order valence-corrected chi connectivity index (χ1v) is 5.07. The third-order valence-electron chi connectivity index (χ3n) is 2.71. The molecule has 0 aromatic rings. The summed E-state index contributed by atoms with van der Waals surface area (Å²) in [6.07, 6.45) is 3.02. The van der Waals surface area contributed by atoms with Crippen LogP contribution in [-0.4, -0.2) is 30.6 Å². The van der Waals surface area contributed by atoms with Crippen molar-refractivity contribution >= 4 is 0 Å². The molecule has 0 aromatic heterocycles. The van der Waals surface area contributed by atoms with Gasteiger partial charge in [0.15, 0.2) is 0 Å². The molecule has 13 heavy (non-hydrogen) atoms. The molecule has 0 rings (SSSR count). The molecule has 0 amide bonds. The van der Waals surface area contributed by atoms with Crippen molar-refractivity contribution in [2.75, 3.05) is 13.6 Å². The molecule has 2 N–H and O–H groups in total. The predicted molar refractivity (Wildman–Crippen MR) is 59.7 cm³/mol. The molecular weight excluding hydrogens is 160 g/mol. The number of likely N-dealkylation sites (N-methyl/N-ethyl adjacent to an activating group) is 1. The first-order valence-electron chi connectivity index (χ1n) is 5.07. The summed E-state index contributed by atoms with van der Waals surface area (Å²) in [5.41, 5.74) is 5.95. The fraction of sp³-hybridized carbons (Fsp3) is 0.818. The maximum absolute atomic E-state index is 5.95. The minimum atomic E-state index is 0.319. The average molecular weight is 184 g/mol. The fourth-order valence-electron chi connectivity index (χ4n) is 1.07.